The lowest BCUT2D eigenvalue weighted by molar-refractivity contribution is -0.125. The lowest BCUT2D eigenvalue weighted by Gasteiger charge is -2.14. The van der Waals surface area contributed by atoms with E-state index >= 15 is 0 Å². The zero-order chi connectivity index (χ0) is 22.1. The molecule has 0 spiro atoms. The second kappa shape index (κ2) is 8.19. The molecule has 3 heterocycles. The van der Waals surface area contributed by atoms with Crippen LogP contribution in [0.15, 0.2) is 90.4 Å². The monoisotopic (exact) mass is 426 g/mol. The van der Waals surface area contributed by atoms with E-state index in [1.807, 2.05) is 66.7 Å². The summed E-state index contributed by atoms with van der Waals surface area (Å²) in [5.41, 5.74) is 1.89. The molecule has 1 saturated heterocycles. The molecule has 1 atom stereocenters. The highest BCUT2D eigenvalue weighted by Gasteiger charge is 2.30. The average Bonchev–Trinajstić information content (AvgIpc) is 3.42. The van der Waals surface area contributed by atoms with E-state index in [-0.39, 0.29) is 17.6 Å². The quantitative estimate of drug-likeness (QED) is 0.453. The number of benzene rings is 2. The van der Waals surface area contributed by atoms with Crippen molar-refractivity contribution < 1.29 is 9.53 Å². The van der Waals surface area contributed by atoms with Crippen LogP contribution in [0.4, 0.5) is 0 Å². The van der Waals surface area contributed by atoms with Gasteiger partial charge < -0.3 is 9.64 Å². The van der Waals surface area contributed by atoms with E-state index in [2.05, 4.69) is 11.6 Å². The lowest BCUT2D eigenvalue weighted by Crippen LogP contribution is -2.31. The summed E-state index contributed by atoms with van der Waals surface area (Å²) in [5.74, 6) is 1.31. The second-order valence-corrected chi connectivity index (χ2v) is 7.67. The van der Waals surface area contributed by atoms with Crippen LogP contribution in [0.5, 0.6) is 11.5 Å². The van der Waals surface area contributed by atoms with Crippen LogP contribution >= 0.6 is 0 Å². The van der Waals surface area contributed by atoms with Crippen molar-refractivity contribution in [1.82, 2.24) is 19.0 Å². The Bertz CT molecular complexity index is 1340. The predicted molar refractivity (Wildman–Crippen MR) is 122 cm³/mol. The highest BCUT2D eigenvalue weighted by Crippen LogP contribution is 2.27. The Hall–Kier alpha value is -4.13. The highest BCUT2D eigenvalue weighted by molar-refractivity contribution is 5.87. The molecule has 0 N–H and O–H groups in total. The summed E-state index contributed by atoms with van der Waals surface area (Å²) in [4.78, 5) is 31.8. The van der Waals surface area contributed by atoms with Gasteiger partial charge in [0.15, 0.2) is 5.65 Å². The molecule has 0 bridgehead atoms. The van der Waals surface area contributed by atoms with Gasteiger partial charge in [-0.05, 0) is 61.0 Å². The minimum atomic E-state index is -0.173. The van der Waals surface area contributed by atoms with Crippen LogP contribution in [0, 0.1) is 0 Å². The van der Waals surface area contributed by atoms with E-state index in [1.54, 1.807) is 20.2 Å². The maximum absolute atomic E-state index is 13.5. The number of imidazole rings is 1. The topological polar surface area (TPSA) is 69.4 Å². The third-order valence-corrected chi connectivity index (χ3v) is 5.72. The summed E-state index contributed by atoms with van der Waals surface area (Å²) >= 11 is 0. The van der Waals surface area contributed by atoms with Crippen LogP contribution in [0.3, 0.4) is 0 Å². The number of rotatable bonds is 5. The molecular weight excluding hydrogens is 404 g/mol. The maximum atomic E-state index is 13.5. The zero-order valence-electron chi connectivity index (χ0n) is 17.4. The molecule has 7 heteroatoms. The van der Waals surface area contributed by atoms with Gasteiger partial charge in [0, 0.05) is 19.3 Å². The van der Waals surface area contributed by atoms with Crippen molar-refractivity contribution in [3.05, 3.63) is 96.1 Å². The van der Waals surface area contributed by atoms with Crippen LogP contribution in [0.1, 0.15) is 12.5 Å². The van der Waals surface area contributed by atoms with Gasteiger partial charge in [0.05, 0.1) is 17.2 Å². The number of carbonyl (C=O) groups excluding carboxylic acids is 1. The number of hydrogen-bond donors (Lipinski definition) is 0. The van der Waals surface area contributed by atoms with Gasteiger partial charge in [0.2, 0.25) is 5.91 Å². The summed E-state index contributed by atoms with van der Waals surface area (Å²) in [7, 11) is 0. The molecule has 1 aliphatic rings. The molecule has 7 nitrogen and oxygen atoms in total. The van der Waals surface area contributed by atoms with Gasteiger partial charge in [0.1, 0.15) is 11.5 Å². The van der Waals surface area contributed by atoms with Crippen molar-refractivity contribution in [2.75, 3.05) is 13.1 Å². The number of likely N-dealkylation sites (tertiary alicyclic amines) is 1. The zero-order valence-corrected chi connectivity index (χ0v) is 17.4. The fourth-order valence-corrected chi connectivity index (χ4v) is 4.20. The van der Waals surface area contributed by atoms with E-state index in [0.29, 0.717) is 30.9 Å². The Kier molecular flexibility index (Phi) is 5.07. The number of ether oxygens (including phenoxy) is 1. The van der Waals surface area contributed by atoms with Crippen molar-refractivity contribution in [3.63, 3.8) is 0 Å². The molecule has 1 fully saturated rings. The Balaban J connectivity index is 1.51. The van der Waals surface area contributed by atoms with Crippen LogP contribution in [-0.2, 0) is 4.79 Å². The highest BCUT2D eigenvalue weighted by atomic mass is 16.5. The molecule has 1 aliphatic heterocycles. The van der Waals surface area contributed by atoms with Crippen LogP contribution in [0.25, 0.3) is 16.9 Å². The van der Waals surface area contributed by atoms with Crippen molar-refractivity contribution >= 4 is 17.1 Å². The van der Waals surface area contributed by atoms with Crippen molar-refractivity contribution in [3.8, 4) is 17.2 Å². The first-order chi connectivity index (χ1) is 15.7. The average molecular weight is 426 g/mol. The van der Waals surface area contributed by atoms with Gasteiger partial charge in [-0.3, -0.25) is 13.9 Å². The number of nitrogens with zero attached hydrogens (tertiary/aromatic N) is 4. The normalized spacial score (nSPS) is 15.8. The summed E-state index contributed by atoms with van der Waals surface area (Å²) in [6, 6.07) is 20.5. The number of fused-ring (bicyclic) bond motifs is 1. The minimum Gasteiger partial charge on any atom is -0.457 e. The summed E-state index contributed by atoms with van der Waals surface area (Å²) < 4.78 is 9.24. The standard InChI is InChI=1S/C25H22N4O3/c1-2-23(30)27-16-14-19(17-27)29-24-22(9-6-15-26-24)28(25(29)31)18-10-12-21(13-11-18)32-20-7-4-3-5-8-20/h2-13,15,19H,1,14,16-17H2. The third-order valence-electron chi connectivity index (χ3n) is 5.72. The van der Waals surface area contributed by atoms with Gasteiger partial charge in [-0.15, -0.1) is 0 Å². The van der Waals surface area contributed by atoms with Gasteiger partial charge in [0.25, 0.3) is 0 Å². The maximum Gasteiger partial charge on any atom is 0.335 e. The SMILES string of the molecule is C=CC(=O)N1CCC(n2c(=O)n(-c3ccc(Oc4ccccc4)cc3)c3cccnc32)C1. The van der Waals surface area contributed by atoms with E-state index in [9.17, 15) is 9.59 Å². The van der Waals surface area contributed by atoms with Gasteiger partial charge >= 0.3 is 5.69 Å². The Morgan fingerprint density at radius 3 is 2.53 bits per heavy atom. The summed E-state index contributed by atoms with van der Waals surface area (Å²) in [6.07, 6.45) is 3.69. The molecular formula is C25H22N4O3. The minimum absolute atomic E-state index is 0.119. The third kappa shape index (κ3) is 3.47. The van der Waals surface area contributed by atoms with E-state index in [4.69, 9.17) is 4.74 Å². The first-order valence-corrected chi connectivity index (χ1v) is 10.5. The molecule has 5 rings (SSSR count). The van der Waals surface area contributed by atoms with Crippen LogP contribution in [0.2, 0.25) is 0 Å². The molecule has 1 amide bonds. The number of carbonyl (C=O) groups is 1. The summed E-state index contributed by atoms with van der Waals surface area (Å²) in [6.45, 7) is 4.61. The number of pyridine rings is 1. The molecule has 1 unspecified atom stereocenters. The Morgan fingerprint density at radius 1 is 1.03 bits per heavy atom. The Morgan fingerprint density at radius 2 is 1.78 bits per heavy atom. The number of hydrogen-bond acceptors (Lipinski definition) is 4. The van der Waals surface area contributed by atoms with E-state index < -0.39 is 0 Å². The lowest BCUT2D eigenvalue weighted by atomic mass is 10.2. The first-order valence-electron chi connectivity index (χ1n) is 10.5. The second-order valence-electron chi connectivity index (χ2n) is 7.67. The molecule has 32 heavy (non-hydrogen) atoms. The first kappa shape index (κ1) is 19.8. The predicted octanol–water partition coefficient (Wildman–Crippen LogP) is 3.94. The fourth-order valence-electron chi connectivity index (χ4n) is 4.20. The van der Waals surface area contributed by atoms with Crippen molar-refractivity contribution in [2.24, 2.45) is 0 Å². The number of aromatic nitrogens is 3. The van der Waals surface area contributed by atoms with Crippen molar-refractivity contribution in [1.29, 1.82) is 0 Å². The van der Waals surface area contributed by atoms with Crippen LogP contribution < -0.4 is 10.4 Å². The van der Waals surface area contributed by atoms with Gasteiger partial charge in [-0.2, -0.15) is 0 Å². The number of para-hydroxylation sites is 1. The smallest absolute Gasteiger partial charge is 0.335 e. The molecule has 2 aromatic carbocycles. The van der Waals surface area contributed by atoms with Crippen LogP contribution in [-0.4, -0.2) is 38.0 Å². The van der Waals surface area contributed by atoms with Gasteiger partial charge in [-0.25, -0.2) is 9.78 Å². The molecule has 2 aromatic heterocycles. The van der Waals surface area contributed by atoms with E-state index in [0.717, 1.165) is 17.0 Å². The molecule has 0 radical (unpaired) electrons. The Labute approximate surface area is 184 Å². The molecule has 0 saturated carbocycles. The molecule has 160 valence electrons. The summed E-state index contributed by atoms with van der Waals surface area (Å²) in [5, 5.41) is 0. The van der Waals surface area contributed by atoms with E-state index in [1.165, 1.54) is 6.08 Å². The van der Waals surface area contributed by atoms with Gasteiger partial charge in [-0.1, -0.05) is 24.8 Å². The molecule has 0 aliphatic carbocycles. The largest absolute Gasteiger partial charge is 0.457 e. The fraction of sp³-hybridized carbons (Fsp3) is 0.160. The van der Waals surface area contributed by atoms with Crippen molar-refractivity contribution in [2.45, 2.75) is 12.5 Å². The molecule has 4 aromatic rings. The number of amides is 1.